The maximum atomic E-state index is 13.1. The van der Waals surface area contributed by atoms with Crippen LogP contribution in [0.1, 0.15) is 18.1 Å². The van der Waals surface area contributed by atoms with Crippen LogP contribution in [-0.4, -0.2) is 27.2 Å². The van der Waals surface area contributed by atoms with E-state index >= 15 is 0 Å². The summed E-state index contributed by atoms with van der Waals surface area (Å²) in [7, 11) is 0. The number of hydrogen-bond donors (Lipinski definition) is 0. The SMILES string of the molecule is C[C@@H](Sc1nnc(-c2ccc3c(c2)OCO3)o1)c1nnc(-c2ccc(F)cc2)o1. The minimum atomic E-state index is -0.327. The molecule has 29 heavy (non-hydrogen) atoms. The van der Waals surface area contributed by atoms with Crippen LogP contribution in [0.5, 0.6) is 11.5 Å². The van der Waals surface area contributed by atoms with E-state index in [1.54, 1.807) is 24.3 Å². The van der Waals surface area contributed by atoms with Crippen LogP contribution in [0.15, 0.2) is 56.5 Å². The van der Waals surface area contributed by atoms with Crippen molar-refractivity contribution in [3.8, 4) is 34.4 Å². The van der Waals surface area contributed by atoms with Gasteiger partial charge in [-0.1, -0.05) is 11.8 Å². The third kappa shape index (κ3) is 3.54. The molecule has 0 saturated carbocycles. The van der Waals surface area contributed by atoms with Gasteiger partial charge in [-0.3, -0.25) is 0 Å². The summed E-state index contributed by atoms with van der Waals surface area (Å²) in [5.74, 6) is 2.09. The summed E-state index contributed by atoms with van der Waals surface area (Å²) in [5.41, 5.74) is 1.38. The standard InChI is InChI=1S/C19H13FN4O4S/c1-10(16-21-22-17(27-16)11-2-5-13(20)6-3-11)29-19-24-23-18(28-19)12-4-7-14-15(8-12)26-9-25-14/h2-8,10H,9H2,1H3/t10-/m1/s1. The van der Waals surface area contributed by atoms with Crippen LogP contribution in [-0.2, 0) is 0 Å². The maximum absolute atomic E-state index is 13.1. The minimum Gasteiger partial charge on any atom is -0.454 e. The highest BCUT2D eigenvalue weighted by atomic mass is 32.2. The molecule has 0 bridgehead atoms. The third-order valence-corrected chi connectivity index (χ3v) is 5.10. The number of aromatic nitrogens is 4. The van der Waals surface area contributed by atoms with E-state index in [0.717, 1.165) is 5.56 Å². The zero-order valence-corrected chi connectivity index (χ0v) is 15.9. The van der Waals surface area contributed by atoms with E-state index in [1.807, 2.05) is 13.0 Å². The van der Waals surface area contributed by atoms with Crippen molar-refractivity contribution in [1.82, 2.24) is 20.4 Å². The van der Waals surface area contributed by atoms with Crippen LogP contribution < -0.4 is 9.47 Å². The number of hydrogen-bond acceptors (Lipinski definition) is 9. The van der Waals surface area contributed by atoms with Gasteiger partial charge in [0.2, 0.25) is 24.5 Å². The van der Waals surface area contributed by atoms with Crippen LogP contribution in [0.4, 0.5) is 4.39 Å². The van der Waals surface area contributed by atoms with E-state index in [1.165, 1.54) is 23.9 Å². The first-order chi connectivity index (χ1) is 14.2. The Bertz CT molecular complexity index is 1160. The highest BCUT2D eigenvalue weighted by Gasteiger charge is 2.21. The number of ether oxygens (including phenoxy) is 2. The highest BCUT2D eigenvalue weighted by Crippen LogP contribution is 2.38. The molecule has 3 heterocycles. The van der Waals surface area contributed by atoms with Crippen molar-refractivity contribution in [1.29, 1.82) is 0 Å². The lowest BCUT2D eigenvalue weighted by Gasteiger charge is -2.02. The number of rotatable bonds is 5. The van der Waals surface area contributed by atoms with E-state index in [2.05, 4.69) is 20.4 Å². The summed E-state index contributed by atoms with van der Waals surface area (Å²) in [6, 6.07) is 11.3. The summed E-state index contributed by atoms with van der Waals surface area (Å²) in [6.45, 7) is 2.09. The Kier molecular flexibility index (Phi) is 4.39. The van der Waals surface area contributed by atoms with E-state index in [-0.39, 0.29) is 17.9 Å². The molecule has 0 radical (unpaired) electrons. The summed E-state index contributed by atoms with van der Waals surface area (Å²) in [5, 5.41) is 16.4. The first-order valence-corrected chi connectivity index (χ1v) is 9.53. The summed E-state index contributed by atoms with van der Waals surface area (Å²) < 4.78 is 35.2. The van der Waals surface area contributed by atoms with Crippen LogP contribution in [0.3, 0.4) is 0 Å². The molecule has 5 rings (SSSR count). The molecule has 146 valence electrons. The highest BCUT2D eigenvalue weighted by molar-refractivity contribution is 7.99. The lowest BCUT2D eigenvalue weighted by Crippen LogP contribution is -1.92. The fourth-order valence-corrected chi connectivity index (χ4v) is 3.43. The second-order valence-corrected chi connectivity index (χ2v) is 7.45. The van der Waals surface area contributed by atoms with Gasteiger partial charge in [0.15, 0.2) is 11.5 Å². The Morgan fingerprint density at radius 1 is 0.862 bits per heavy atom. The molecule has 1 aliphatic rings. The van der Waals surface area contributed by atoms with Crippen molar-refractivity contribution in [2.24, 2.45) is 0 Å². The summed E-state index contributed by atoms with van der Waals surface area (Å²) in [6.07, 6.45) is 0. The van der Waals surface area contributed by atoms with Crippen LogP contribution in [0.2, 0.25) is 0 Å². The number of halogens is 1. The van der Waals surface area contributed by atoms with Crippen LogP contribution >= 0.6 is 11.8 Å². The molecule has 1 atom stereocenters. The number of nitrogens with zero attached hydrogens (tertiary/aromatic N) is 4. The molecule has 0 amide bonds. The fourth-order valence-electron chi connectivity index (χ4n) is 2.71. The van der Waals surface area contributed by atoms with Gasteiger partial charge in [-0.15, -0.1) is 20.4 Å². The molecule has 0 N–H and O–H groups in total. The van der Waals surface area contributed by atoms with E-state index in [0.29, 0.717) is 40.0 Å². The van der Waals surface area contributed by atoms with E-state index in [9.17, 15) is 4.39 Å². The second kappa shape index (κ2) is 7.21. The van der Waals surface area contributed by atoms with Crippen molar-refractivity contribution in [2.45, 2.75) is 17.4 Å². The van der Waals surface area contributed by atoms with Crippen LogP contribution in [0, 0.1) is 5.82 Å². The molecule has 8 nitrogen and oxygen atoms in total. The van der Waals surface area contributed by atoms with Gasteiger partial charge in [-0.25, -0.2) is 4.39 Å². The van der Waals surface area contributed by atoms with Crippen molar-refractivity contribution in [3.63, 3.8) is 0 Å². The van der Waals surface area contributed by atoms with Crippen LogP contribution in [0.25, 0.3) is 22.9 Å². The van der Waals surface area contributed by atoms with Gasteiger partial charge in [-0.05, 0) is 49.4 Å². The normalized spacial score (nSPS) is 13.6. The number of benzene rings is 2. The quantitative estimate of drug-likeness (QED) is 0.439. The summed E-state index contributed by atoms with van der Waals surface area (Å²) in [4.78, 5) is 0. The lowest BCUT2D eigenvalue weighted by molar-refractivity contribution is 0.174. The predicted octanol–water partition coefficient (Wildman–Crippen LogP) is 4.51. The Hall–Kier alpha value is -3.40. The summed E-state index contributed by atoms with van der Waals surface area (Å²) >= 11 is 1.30. The Morgan fingerprint density at radius 2 is 1.59 bits per heavy atom. The van der Waals surface area contributed by atoms with Gasteiger partial charge in [0.05, 0.1) is 5.25 Å². The Balaban J connectivity index is 1.30. The van der Waals surface area contributed by atoms with Gasteiger partial charge in [0.25, 0.3) is 5.22 Å². The molecule has 1 aliphatic heterocycles. The van der Waals surface area contributed by atoms with E-state index in [4.69, 9.17) is 18.3 Å². The van der Waals surface area contributed by atoms with Crippen molar-refractivity contribution in [2.75, 3.05) is 6.79 Å². The molecule has 0 aliphatic carbocycles. The van der Waals surface area contributed by atoms with Gasteiger partial charge >= 0.3 is 0 Å². The first kappa shape index (κ1) is 17.7. The minimum absolute atomic E-state index is 0.200. The molecule has 0 unspecified atom stereocenters. The molecule has 2 aromatic carbocycles. The Morgan fingerprint density at radius 3 is 2.45 bits per heavy atom. The fraction of sp³-hybridized carbons (Fsp3) is 0.158. The molecule has 10 heteroatoms. The largest absolute Gasteiger partial charge is 0.454 e. The monoisotopic (exact) mass is 412 g/mol. The van der Waals surface area contributed by atoms with E-state index < -0.39 is 0 Å². The number of thioether (sulfide) groups is 1. The predicted molar refractivity (Wildman–Crippen MR) is 99.8 cm³/mol. The second-order valence-electron chi connectivity index (χ2n) is 6.15. The van der Waals surface area contributed by atoms with Crippen molar-refractivity contribution < 1.29 is 22.7 Å². The maximum Gasteiger partial charge on any atom is 0.277 e. The molecule has 4 aromatic rings. The molecule has 2 aromatic heterocycles. The Labute approximate surface area is 168 Å². The average molecular weight is 412 g/mol. The zero-order chi connectivity index (χ0) is 19.8. The topological polar surface area (TPSA) is 96.3 Å². The van der Waals surface area contributed by atoms with Crippen molar-refractivity contribution in [3.05, 3.63) is 54.2 Å². The number of fused-ring (bicyclic) bond motifs is 1. The van der Waals surface area contributed by atoms with Gasteiger partial charge in [0.1, 0.15) is 5.82 Å². The first-order valence-electron chi connectivity index (χ1n) is 8.65. The molecule has 0 spiro atoms. The lowest BCUT2D eigenvalue weighted by atomic mass is 10.2. The van der Waals surface area contributed by atoms with Gasteiger partial charge in [-0.2, -0.15) is 0 Å². The smallest absolute Gasteiger partial charge is 0.277 e. The third-order valence-electron chi connectivity index (χ3n) is 4.18. The van der Waals surface area contributed by atoms with Gasteiger partial charge in [0, 0.05) is 11.1 Å². The average Bonchev–Trinajstić information content (AvgIpc) is 3.48. The van der Waals surface area contributed by atoms with Crippen molar-refractivity contribution >= 4 is 11.8 Å². The molecule has 0 saturated heterocycles. The molecule has 0 fully saturated rings. The van der Waals surface area contributed by atoms with Gasteiger partial charge < -0.3 is 18.3 Å². The molecular formula is C19H13FN4O4S. The molecular weight excluding hydrogens is 399 g/mol. The zero-order valence-electron chi connectivity index (χ0n) is 15.0.